The maximum Gasteiger partial charge on any atom is 0.244 e. The van der Waals surface area contributed by atoms with Crippen molar-refractivity contribution in [2.45, 2.75) is 20.3 Å². The van der Waals surface area contributed by atoms with Crippen molar-refractivity contribution in [2.75, 3.05) is 14.2 Å². The van der Waals surface area contributed by atoms with Gasteiger partial charge in [-0.05, 0) is 31.0 Å². The van der Waals surface area contributed by atoms with Crippen LogP contribution >= 0.6 is 11.6 Å². The second kappa shape index (κ2) is 8.53. The molecule has 0 aliphatic carbocycles. The van der Waals surface area contributed by atoms with E-state index in [2.05, 4.69) is 16.6 Å². The molecule has 5 nitrogen and oxygen atoms in total. The number of carbonyl (C=O) groups is 1. The molecule has 25 heavy (non-hydrogen) atoms. The maximum atomic E-state index is 12.0. The number of rotatable bonds is 6. The van der Waals surface area contributed by atoms with Gasteiger partial charge in [0.25, 0.3) is 0 Å². The van der Waals surface area contributed by atoms with E-state index in [-0.39, 0.29) is 12.3 Å². The van der Waals surface area contributed by atoms with Crippen LogP contribution in [0.25, 0.3) is 0 Å². The van der Waals surface area contributed by atoms with Gasteiger partial charge in [0.15, 0.2) is 11.5 Å². The number of amides is 1. The SMILES string of the molecule is COc1cc(Cl)c(/C=N\NC(=O)Cc2ccc(C)cc2C)cc1OC. The van der Waals surface area contributed by atoms with Crippen molar-refractivity contribution >= 4 is 23.7 Å². The van der Waals surface area contributed by atoms with Crippen molar-refractivity contribution in [3.63, 3.8) is 0 Å². The Hall–Kier alpha value is -2.53. The van der Waals surface area contributed by atoms with Crippen LogP contribution in [0.1, 0.15) is 22.3 Å². The first-order valence-electron chi connectivity index (χ1n) is 7.74. The molecule has 0 spiro atoms. The van der Waals surface area contributed by atoms with E-state index in [0.717, 1.165) is 11.1 Å². The lowest BCUT2D eigenvalue weighted by Gasteiger charge is -2.09. The van der Waals surface area contributed by atoms with E-state index in [1.807, 2.05) is 26.0 Å². The van der Waals surface area contributed by atoms with E-state index < -0.39 is 0 Å². The van der Waals surface area contributed by atoms with Crippen LogP contribution in [0.15, 0.2) is 35.4 Å². The minimum absolute atomic E-state index is 0.195. The first kappa shape index (κ1) is 18.8. The Morgan fingerprint density at radius 3 is 2.48 bits per heavy atom. The fourth-order valence-corrected chi connectivity index (χ4v) is 2.60. The average Bonchev–Trinajstić information content (AvgIpc) is 2.58. The molecule has 0 saturated heterocycles. The lowest BCUT2D eigenvalue weighted by Crippen LogP contribution is -2.20. The molecule has 0 aliphatic rings. The van der Waals surface area contributed by atoms with Crippen LogP contribution in [-0.4, -0.2) is 26.3 Å². The number of aryl methyl sites for hydroxylation is 2. The highest BCUT2D eigenvalue weighted by Gasteiger charge is 2.09. The third-order valence-electron chi connectivity index (χ3n) is 3.74. The highest BCUT2D eigenvalue weighted by atomic mass is 35.5. The minimum atomic E-state index is -0.195. The summed E-state index contributed by atoms with van der Waals surface area (Å²) in [7, 11) is 3.08. The number of nitrogens with one attached hydrogen (secondary N) is 1. The fraction of sp³-hybridized carbons (Fsp3) is 0.263. The van der Waals surface area contributed by atoms with Gasteiger partial charge in [0, 0.05) is 11.6 Å². The monoisotopic (exact) mass is 360 g/mol. The maximum absolute atomic E-state index is 12.0. The molecule has 2 aromatic rings. The summed E-state index contributed by atoms with van der Waals surface area (Å²) in [5.74, 6) is 0.873. The number of ether oxygens (including phenoxy) is 2. The van der Waals surface area contributed by atoms with E-state index in [9.17, 15) is 4.79 Å². The predicted octanol–water partition coefficient (Wildman–Crippen LogP) is 3.67. The highest BCUT2D eigenvalue weighted by molar-refractivity contribution is 6.33. The van der Waals surface area contributed by atoms with Gasteiger partial charge in [-0.2, -0.15) is 5.10 Å². The standard InChI is InChI=1S/C19H21ClN2O3/c1-12-5-6-14(13(2)7-12)9-19(23)22-21-11-15-8-17(24-3)18(25-4)10-16(15)20/h5-8,10-11H,9H2,1-4H3,(H,22,23)/b21-11-. The second-order valence-electron chi connectivity index (χ2n) is 5.63. The lowest BCUT2D eigenvalue weighted by atomic mass is 10.0. The normalized spacial score (nSPS) is 10.8. The molecule has 0 bridgehead atoms. The summed E-state index contributed by atoms with van der Waals surface area (Å²) in [5.41, 5.74) is 6.36. The minimum Gasteiger partial charge on any atom is -0.493 e. The zero-order chi connectivity index (χ0) is 18.4. The van der Waals surface area contributed by atoms with Gasteiger partial charge in [-0.3, -0.25) is 4.79 Å². The van der Waals surface area contributed by atoms with Gasteiger partial charge in [-0.1, -0.05) is 35.4 Å². The molecule has 2 aromatic carbocycles. The number of halogens is 1. The Kier molecular flexibility index (Phi) is 6.42. The van der Waals surface area contributed by atoms with Gasteiger partial charge in [0.05, 0.1) is 31.9 Å². The van der Waals surface area contributed by atoms with Crippen LogP contribution in [0.4, 0.5) is 0 Å². The van der Waals surface area contributed by atoms with Crippen molar-refractivity contribution in [1.82, 2.24) is 5.43 Å². The molecule has 0 radical (unpaired) electrons. The predicted molar refractivity (Wildman–Crippen MR) is 99.9 cm³/mol. The smallest absolute Gasteiger partial charge is 0.244 e. The number of hydrogen-bond acceptors (Lipinski definition) is 4. The summed E-state index contributed by atoms with van der Waals surface area (Å²) in [5, 5.41) is 4.42. The summed E-state index contributed by atoms with van der Waals surface area (Å²) >= 11 is 6.18. The summed E-state index contributed by atoms with van der Waals surface area (Å²) in [4.78, 5) is 12.0. The van der Waals surface area contributed by atoms with Gasteiger partial charge in [-0.25, -0.2) is 5.43 Å². The number of hydrogen-bond donors (Lipinski definition) is 1. The first-order chi connectivity index (χ1) is 11.9. The van der Waals surface area contributed by atoms with Gasteiger partial charge in [-0.15, -0.1) is 0 Å². The Bertz CT molecular complexity index is 803. The number of carbonyl (C=O) groups excluding carboxylic acids is 1. The van der Waals surface area contributed by atoms with Crippen LogP contribution in [0.3, 0.4) is 0 Å². The zero-order valence-electron chi connectivity index (χ0n) is 14.7. The Balaban J connectivity index is 2.04. The quantitative estimate of drug-likeness (QED) is 0.631. The van der Waals surface area contributed by atoms with Crippen molar-refractivity contribution in [3.05, 3.63) is 57.6 Å². The molecule has 0 unspecified atom stereocenters. The van der Waals surface area contributed by atoms with E-state index >= 15 is 0 Å². The molecule has 2 rings (SSSR count). The van der Waals surface area contributed by atoms with Crippen LogP contribution in [0, 0.1) is 13.8 Å². The molecule has 6 heteroatoms. The molecule has 0 atom stereocenters. The van der Waals surface area contributed by atoms with E-state index in [4.69, 9.17) is 21.1 Å². The first-order valence-corrected chi connectivity index (χ1v) is 8.12. The number of nitrogens with zero attached hydrogens (tertiary/aromatic N) is 1. The lowest BCUT2D eigenvalue weighted by molar-refractivity contribution is -0.120. The van der Waals surface area contributed by atoms with Crippen LogP contribution < -0.4 is 14.9 Å². The third-order valence-corrected chi connectivity index (χ3v) is 4.07. The third kappa shape index (κ3) is 4.97. The second-order valence-corrected chi connectivity index (χ2v) is 6.04. The van der Waals surface area contributed by atoms with Gasteiger partial charge in [0.2, 0.25) is 5.91 Å². The molecular formula is C19H21ClN2O3. The van der Waals surface area contributed by atoms with Crippen molar-refractivity contribution < 1.29 is 14.3 Å². The summed E-state index contributed by atoms with van der Waals surface area (Å²) in [6, 6.07) is 9.33. The van der Waals surface area contributed by atoms with Crippen LogP contribution in [-0.2, 0) is 11.2 Å². The van der Waals surface area contributed by atoms with Gasteiger partial charge < -0.3 is 9.47 Å². The van der Waals surface area contributed by atoms with Gasteiger partial charge in [0.1, 0.15) is 0 Å². The van der Waals surface area contributed by atoms with Crippen LogP contribution in [0.2, 0.25) is 5.02 Å². The largest absolute Gasteiger partial charge is 0.493 e. The summed E-state index contributed by atoms with van der Waals surface area (Å²) in [6.45, 7) is 4.01. The molecule has 0 aliphatic heterocycles. The zero-order valence-corrected chi connectivity index (χ0v) is 15.5. The molecule has 0 aromatic heterocycles. The number of hydrazone groups is 1. The molecule has 0 saturated carbocycles. The Morgan fingerprint density at radius 2 is 1.84 bits per heavy atom. The molecule has 1 N–H and O–H groups in total. The van der Waals surface area contributed by atoms with E-state index in [0.29, 0.717) is 22.1 Å². The van der Waals surface area contributed by atoms with E-state index in [1.165, 1.54) is 18.9 Å². The van der Waals surface area contributed by atoms with E-state index in [1.54, 1.807) is 19.2 Å². The topological polar surface area (TPSA) is 59.9 Å². The molecule has 0 heterocycles. The Morgan fingerprint density at radius 1 is 1.16 bits per heavy atom. The Labute approximate surface area is 152 Å². The molecule has 1 amide bonds. The highest BCUT2D eigenvalue weighted by Crippen LogP contribution is 2.32. The number of benzene rings is 2. The van der Waals surface area contributed by atoms with Crippen LogP contribution in [0.5, 0.6) is 11.5 Å². The van der Waals surface area contributed by atoms with Crippen molar-refractivity contribution in [3.8, 4) is 11.5 Å². The van der Waals surface area contributed by atoms with Crippen molar-refractivity contribution in [2.24, 2.45) is 5.10 Å². The molecule has 0 fully saturated rings. The number of methoxy groups -OCH3 is 2. The average molecular weight is 361 g/mol. The van der Waals surface area contributed by atoms with Crippen molar-refractivity contribution in [1.29, 1.82) is 0 Å². The fourth-order valence-electron chi connectivity index (χ4n) is 2.40. The molecule has 132 valence electrons. The van der Waals surface area contributed by atoms with Gasteiger partial charge >= 0.3 is 0 Å². The molecular weight excluding hydrogens is 340 g/mol. The summed E-state index contributed by atoms with van der Waals surface area (Å²) < 4.78 is 10.4. The summed E-state index contributed by atoms with van der Waals surface area (Å²) in [6.07, 6.45) is 1.74.